The number of methoxy groups -OCH3 is 1. The number of halogens is 1. The second-order valence-corrected chi connectivity index (χ2v) is 5.06. The van der Waals surface area contributed by atoms with Gasteiger partial charge in [-0.1, -0.05) is 0 Å². The largest absolute Gasteiger partial charge is 0.497 e. The number of nitrogens with one attached hydrogen (secondary N) is 2. The molecule has 0 aliphatic carbocycles. The Morgan fingerprint density at radius 2 is 2.04 bits per heavy atom. The number of aryl methyl sites for hydroxylation is 2. The Kier molecular flexibility index (Phi) is 4.63. The number of benzene rings is 1. The summed E-state index contributed by atoms with van der Waals surface area (Å²) in [4.78, 5) is 24.9. The summed E-state index contributed by atoms with van der Waals surface area (Å²) in [5, 5.41) is 13.8. The zero-order valence-corrected chi connectivity index (χ0v) is 12.9. The fourth-order valence-corrected chi connectivity index (χ4v) is 2.30. The quantitative estimate of drug-likeness (QED) is 0.652. The number of nitro benzene ring substituents is 1. The lowest BCUT2D eigenvalue weighted by molar-refractivity contribution is -0.386. The van der Waals surface area contributed by atoms with Gasteiger partial charge in [-0.3, -0.25) is 14.9 Å². The molecule has 0 radical (unpaired) electrons. The van der Waals surface area contributed by atoms with Crippen LogP contribution < -0.4 is 15.6 Å². The second kappa shape index (κ2) is 6.47. The summed E-state index contributed by atoms with van der Waals surface area (Å²) < 4.78 is 18.8. The predicted molar refractivity (Wildman–Crippen MR) is 83.5 cm³/mol. The summed E-state index contributed by atoms with van der Waals surface area (Å²) in [5.41, 5.74) is 0.854. The molecule has 0 unspecified atom stereocenters. The van der Waals surface area contributed by atoms with E-state index in [2.05, 4.69) is 10.3 Å². The van der Waals surface area contributed by atoms with Crippen LogP contribution >= 0.6 is 0 Å². The van der Waals surface area contributed by atoms with Crippen LogP contribution in [0.4, 0.5) is 15.8 Å². The standard InChI is InChI=1S/C15H16FN3O4/c1-8-4-9(2)18-15(20)11(8)7-17-13-6-10(23-3)5-12(16)14(13)19(21)22/h4-6,17H,7H2,1-3H3,(H,18,20). The molecule has 0 fully saturated rings. The van der Waals surface area contributed by atoms with Crippen molar-refractivity contribution in [2.75, 3.05) is 12.4 Å². The van der Waals surface area contributed by atoms with Gasteiger partial charge in [-0.05, 0) is 25.5 Å². The van der Waals surface area contributed by atoms with Gasteiger partial charge in [0, 0.05) is 29.9 Å². The maximum Gasteiger partial charge on any atom is 0.327 e. The highest BCUT2D eigenvalue weighted by Crippen LogP contribution is 2.32. The van der Waals surface area contributed by atoms with Crippen LogP contribution in [0.2, 0.25) is 0 Å². The van der Waals surface area contributed by atoms with Crippen LogP contribution in [0, 0.1) is 29.8 Å². The minimum absolute atomic E-state index is 0.0227. The van der Waals surface area contributed by atoms with Crippen molar-refractivity contribution in [3.05, 3.63) is 61.3 Å². The number of nitrogens with zero attached hydrogens (tertiary/aromatic N) is 1. The number of pyridine rings is 1. The number of aromatic nitrogens is 1. The molecule has 2 rings (SSSR count). The van der Waals surface area contributed by atoms with Crippen LogP contribution in [-0.2, 0) is 6.54 Å². The van der Waals surface area contributed by atoms with Gasteiger partial charge in [0.25, 0.3) is 5.56 Å². The Hall–Kier alpha value is -2.90. The summed E-state index contributed by atoms with van der Waals surface area (Å²) in [6.07, 6.45) is 0. The van der Waals surface area contributed by atoms with Gasteiger partial charge in [-0.2, -0.15) is 4.39 Å². The molecule has 0 aliphatic rings. The molecule has 2 aromatic rings. The normalized spacial score (nSPS) is 10.4. The van der Waals surface area contributed by atoms with Gasteiger partial charge in [0.05, 0.1) is 12.0 Å². The molecule has 1 heterocycles. The van der Waals surface area contributed by atoms with E-state index < -0.39 is 16.4 Å². The number of anilines is 1. The third-order valence-corrected chi connectivity index (χ3v) is 3.40. The summed E-state index contributed by atoms with van der Waals surface area (Å²) >= 11 is 0. The Balaban J connectivity index is 2.39. The van der Waals surface area contributed by atoms with E-state index in [9.17, 15) is 19.3 Å². The molecule has 1 aromatic heterocycles. The van der Waals surface area contributed by atoms with Crippen molar-refractivity contribution in [2.24, 2.45) is 0 Å². The average Bonchev–Trinajstić information content (AvgIpc) is 2.44. The molecule has 122 valence electrons. The SMILES string of the molecule is COc1cc(F)c([N+](=O)[O-])c(NCc2c(C)cc(C)[nH]c2=O)c1. The molecule has 0 saturated carbocycles. The highest BCUT2D eigenvalue weighted by Gasteiger charge is 2.22. The van der Waals surface area contributed by atoms with Gasteiger partial charge in [0.15, 0.2) is 0 Å². The van der Waals surface area contributed by atoms with Gasteiger partial charge in [-0.25, -0.2) is 0 Å². The van der Waals surface area contributed by atoms with E-state index in [1.54, 1.807) is 19.9 Å². The summed E-state index contributed by atoms with van der Waals surface area (Å²) in [6.45, 7) is 3.54. The zero-order chi connectivity index (χ0) is 17.1. The first-order valence-corrected chi connectivity index (χ1v) is 6.78. The number of aromatic amines is 1. The molecule has 0 spiro atoms. The van der Waals surface area contributed by atoms with E-state index in [1.165, 1.54) is 13.2 Å². The van der Waals surface area contributed by atoms with Crippen molar-refractivity contribution in [2.45, 2.75) is 20.4 Å². The van der Waals surface area contributed by atoms with Crippen molar-refractivity contribution in [1.29, 1.82) is 0 Å². The molecule has 0 atom stereocenters. The molecule has 0 saturated heterocycles. The summed E-state index contributed by atoms with van der Waals surface area (Å²) in [6, 6.07) is 4.05. The Morgan fingerprint density at radius 3 is 2.61 bits per heavy atom. The number of rotatable bonds is 5. The van der Waals surface area contributed by atoms with Crippen LogP contribution in [-0.4, -0.2) is 17.0 Å². The van der Waals surface area contributed by atoms with Crippen LogP contribution in [0.5, 0.6) is 5.75 Å². The van der Waals surface area contributed by atoms with Crippen LogP contribution in [0.25, 0.3) is 0 Å². The zero-order valence-electron chi connectivity index (χ0n) is 12.9. The van der Waals surface area contributed by atoms with Crippen molar-refractivity contribution < 1.29 is 14.1 Å². The number of ether oxygens (including phenoxy) is 1. The first-order valence-electron chi connectivity index (χ1n) is 6.78. The maximum absolute atomic E-state index is 13.9. The molecule has 7 nitrogen and oxygen atoms in total. The molecule has 2 N–H and O–H groups in total. The lowest BCUT2D eigenvalue weighted by atomic mass is 10.1. The molecule has 0 aliphatic heterocycles. The van der Waals surface area contributed by atoms with Gasteiger partial charge >= 0.3 is 5.69 Å². The third-order valence-electron chi connectivity index (χ3n) is 3.40. The Labute approximate surface area is 131 Å². The molecular weight excluding hydrogens is 305 g/mol. The van der Waals surface area contributed by atoms with Gasteiger partial charge in [-0.15, -0.1) is 0 Å². The second-order valence-electron chi connectivity index (χ2n) is 5.06. The van der Waals surface area contributed by atoms with Crippen molar-refractivity contribution >= 4 is 11.4 Å². The minimum atomic E-state index is -1.01. The summed E-state index contributed by atoms with van der Waals surface area (Å²) in [7, 11) is 1.33. The number of H-pyrrole nitrogens is 1. The molecule has 23 heavy (non-hydrogen) atoms. The number of hydrogen-bond acceptors (Lipinski definition) is 5. The monoisotopic (exact) mass is 321 g/mol. The maximum atomic E-state index is 13.9. The van der Waals surface area contributed by atoms with Crippen molar-refractivity contribution in [1.82, 2.24) is 4.98 Å². The highest BCUT2D eigenvalue weighted by molar-refractivity contribution is 5.65. The van der Waals surface area contributed by atoms with Gasteiger partial charge in [0.2, 0.25) is 5.82 Å². The van der Waals surface area contributed by atoms with Gasteiger partial charge in [0.1, 0.15) is 11.4 Å². The molecule has 0 amide bonds. The number of hydrogen-bond donors (Lipinski definition) is 2. The average molecular weight is 321 g/mol. The smallest absolute Gasteiger partial charge is 0.327 e. The van der Waals surface area contributed by atoms with Crippen LogP contribution in [0.3, 0.4) is 0 Å². The molecule has 8 heteroatoms. The van der Waals surface area contributed by atoms with E-state index in [4.69, 9.17) is 4.74 Å². The van der Waals surface area contributed by atoms with Crippen LogP contribution in [0.15, 0.2) is 23.0 Å². The predicted octanol–water partition coefficient (Wildman–Crippen LogP) is 2.66. The fraction of sp³-hybridized carbons (Fsp3) is 0.267. The minimum Gasteiger partial charge on any atom is -0.497 e. The molecular formula is C15H16FN3O4. The Bertz CT molecular complexity index is 817. The molecule has 1 aromatic carbocycles. The van der Waals surface area contributed by atoms with Crippen molar-refractivity contribution in [3.63, 3.8) is 0 Å². The van der Waals surface area contributed by atoms with E-state index >= 15 is 0 Å². The van der Waals surface area contributed by atoms with Crippen LogP contribution in [0.1, 0.15) is 16.8 Å². The molecule has 0 bridgehead atoms. The lowest BCUT2D eigenvalue weighted by Crippen LogP contribution is -2.19. The van der Waals surface area contributed by atoms with E-state index in [1.807, 2.05) is 0 Å². The van der Waals surface area contributed by atoms with E-state index in [0.717, 1.165) is 17.3 Å². The van der Waals surface area contributed by atoms with Gasteiger partial charge < -0.3 is 15.0 Å². The van der Waals surface area contributed by atoms with E-state index in [-0.39, 0.29) is 23.5 Å². The Morgan fingerprint density at radius 1 is 1.35 bits per heavy atom. The topological polar surface area (TPSA) is 97.3 Å². The third kappa shape index (κ3) is 3.47. The fourth-order valence-electron chi connectivity index (χ4n) is 2.30. The summed E-state index contributed by atoms with van der Waals surface area (Å²) in [5.74, 6) is -0.864. The lowest BCUT2D eigenvalue weighted by Gasteiger charge is -2.11. The first-order chi connectivity index (χ1) is 10.8. The first kappa shape index (κ1) is 16.5. The number of nitro groups is 1. The van der Waals surface area contributed by atoms with E-state index in [0.29, 0.717) is 5.56 Å². The highest BCUT2D eigenvalue weighted by atomic mass is 19.1. The van der Waals surface area contributed by atoms with Crippen molar-refractivity contribution in [3.8, 4) is 5.75 Å².